The molecule has 2 rings (SSSR count). The highest BCUT2D eigenvalue weighted by Gasteiger charge is 2.35. The highest BCUT2D eigenvalue weighted by atomic mass is 19.4. The predicted molar refractivity (Wildman–Crippen MR) is 56.2 cm³/mol. The summed E-state index contributed by atoms with van der Waals surface area (Å²) in [6, 6.07) is 4.41. The van der Waals surface area contributed by atoms with E-state index in [9.17, 15) is 18.0 Å². The van der Waals surface area contributed by atoms with Gasteiger partial charge in [0.2, 0.25) is 0 Å². The van der Waals surface area contributed by atoms with E-state index >= 15 is 0 Å². The maximum atomic E-state index is 12.7. The van der Waals surface area contributed by atoms with Crippen LogP contribution in [0.3, 0.4) is 0 Å². The molecule has 0 spiro atoms. The number of hydrogen-bond acceptors (Lipinski definition) is 4. The van der Waals surface area contributed by atoms with Crippen molar-refractivity contribution >= 4 is 5.97 Å². The van der Waals surface area contributed by atoms with Crippen molar-refractivity contribution in [2.24, 2.45) is 0 Å². The van der Waals surface area contributed by atoms with Crippen LogP contribution in [0.4, 0.5) is 13.2 Å². The minimum absolute atomic E-state index is 0.116. The highest BCUT2D eigenvalue weighted by Crippen LogP contribution is 2.34. The van der Waals surface area contributed by atoms with Crippen LogP contribution >= 0.6 is 0 Å². The predicted octanol–water partition coefficient (Wildman–Crippen LogP) is 2.27. The lowest BCUT2D eigenvalue weighted by Crippen LogP contribution is -2.22. The standard InChI is InChI=1S/C12H8F3NO3/c13-12(14,15)9-5-8(2-1-7(9)6-16)19-10-3-4-18-11(10)17/h1-2,5,10H,3-4H2/t10-/m1/s1. The van der Waals surface area contributed by atoms with Crippen LogP contribution in [0.25, 0.3) is 0 Å². The van der Waals surface area contributed by atoms with Crippen LogP contribution in [-0.2, 0) is 15.7 Å². The number of esters is 1. The number of nitrogens with zero attached hydrogens (tertiary/aromatic N) is 1. The summed E-state index contributed by atoms with van der Waals surface area (Å²) in [5, 5.41) is 8.63. The summed E-state index contributed by atoms with van der Waals surface area (Å²) in [4.78, 5) is 11.2. The maximum absolute atomic E-state index is 12.7. The van der Waals surface area contributed by atoms with Crippen molar-refractivity contribution in [3.05, 3.63) is 29.3 Å². The molecule has 100 valence electrons. The molecular formula is C12H8F3NO3. The molecule has 0 saturated carbocycles. The van der Waals surface area contributed by atoms with E-state index in [2.05, 4.69) is 4.74 Å². The molecule has 1 aromatic rings. The van der Waals surface area contributed by atoms with E-state index in [0.29, 0.717) is 12.5 Å². The number of rotatable bonds is 2. The molecule has 0 aliphatic carbocycles. The average Bonchev–Trinajstić information content (AvgIpc) is 2.74. The van der Waals surface area contributed by atoms with Crippen molar-refractivity contribution in [2.45, 2.75) is 18.7 Å². The molecule has 1 aliphatic heterocycles. The van der Waals surface area contributed by atoms with Crippen molar-refractivity contribution in [3.63, 3.8) is 0 Å². The average molecular weight is 271 g/mol. The van der Waals surface area contributed by atoms with E-state index in [1.807, 2.05) is 0 Å². The second kappa shape index (κ2) is 4.80. The first-order chi connectivity index (χ1) is 8.91. The molecule has 0 radical (unpaired) electrons. The van der Waals surface area contributed by atoms with Crippen molar-refractivity contribution in [3.8, 4) is 11.8 Å². The smallest absolute Gasteiger partial charge is 0.417 e. The van der Waals surface area contributed by atoms with E-state index in [0.717, 1.165) is 6.07 Å². The van der Waals surface area contributed by atoms with Gasteiger partial charge in [-0.1, -0.05) is 0 Å². The van der Waals surface area contributed by atoms with Gasteiger partial charge < -0.3 is 9.47 Å². The minimum atomic E-state index is -4.65. The van der Waals surface area contributed by atoms with E-state index in [1.54, 1.807) is 0 Å². The zero-order chi connectivity index (χ0) is 14.0. The molecule has 1 aromatic carbocycles. The zero-order valence-corrected chi connectivity index (χ0v) is 9.53. The van der Waals surface area contributed by atoms with Gasteiger partial charge in [-0.3, -0.25) is 0 Å². The molecule has 7 heteroatoms. The quantitative estimate of drug-likeness (QED) is 0.774. The Bertz CT molecular complexity index is 548. The molecule has 1 fully saturated rings. The van der Waals surface area contributed by atoms with Gasteiger partial charge in [0.1, 0.15) is 5.75 Å². The molecule has 0 N–H and O–H groups in total. The summed E-state index contributed by atoms with van der Waals surface area (Å²) in [6.45, 7) is 0.186. The number of benzene rings is 1. The molecule has 1 aliphatic rings. The Morgan fingerprint density at radius 2 is 2.16 bits per heavy atom. The van der Waals surface area contributed by atoms with Crippen LogP contribution in [0.15, 0.2) is 18.2 Å². The van der Waals surface area contributed by atoms with Crippen LogP contribution in [-0.4, -0.2) is 18.7 Å². The Morgan fingerprint density at radius 3 is 2.68 bits per heavy atom. The Kier molecular flexibility index (Phi) is 3.34. The van der Waals surface area contributed by atoms with Gasteiger partial charge in [-0.25, -0.2) is 4.79 Å². The summed E-state index contributed by atoms with van der Waals surface area (Å²) < 4.78 is 47.9. The van der Waals surface area contributed by atoms with Gasteiger partial charge in [0.05, 0.1) is 23.8 Å². The second-order valence-corrected chi connectivity index (χ2v) is 3.88. The van der Waals surface area contributed by atoms with Gasteiger partial charge in [-0.2, -0.15) is 18.4 Å². The maximum Gasteiger partial charge on any atom is 0.417 e. The summed E-state index contributed by atoms with van der Waals surface area (Å²) in [7, 11) is 0. The van der Waals surface area contributed by atoms with Crippen molar-refractivity contribution < 1.29 is 27.4 Å². The number of halogens is 3. The summed E-state index contributed by atoms with van der Waals surface area (Å²) >= 11 is 0. The SMILES string of the molecule is N#Cc1ccc(O[C@@H]2CCOC2=O)cc1C(F)(F)F. The normalized spacial score (nSPS) is 18.8. The monoisotopic (exact) mass is 271 g/mol. The summed E-state index contributed by atoms with van der Waals surface area (Å²) in [5.74, 6) is -0.715. The third kappa shape index (κ3) is 2.78. The fraction of sp³-hybridized carbons (Fsp3) is 0.333. The van der Waals surface area contributed by atoms with E-state index < -0.39 is 29.4 Å². The van der Waals surface area contributed by atoms with Gasteiger partial charge >= 0.3 is 12.1 Å². The first kappa shape index (κ1) is 13.2. The molecule has 19 heavy (non-hydrogen) atoms. The summed E-state index contributed by atoms with van der Waals surface area (Å²) in [6.07, 6.45) is -5.25. The molecule has 4 nitrogen and oxygen atoms in total. The number of carbonyl (C=O) groups excluding carboxylic acids is 1. The highest BCUT2D eigenvalue weighted by molar-refractivity contribution is 5.76. The largest absolute Gasteiger partial charge is 0.479 e. The van der Waals surface area contributed by atoms with Crippen LogP contribution in [0, 0.1) is 11.3 Å². The third-order valence-electron chi connectivity index (χ3n) is 2.58. The second-order valence-electron chi connectivity index (χ2n) is 3.88. The number of nitriles is 1. The van der Waals surface area contributed by atoms with Gasteiger partial charge in [-0.15, -0.1) is 0 Å². The zero-order valence-electron chi connectivity index (χ0n) is 9.53. The fourth-order valence-corrected chi connectivity index (χ4v) is 1.68. The Hall–Kier alpha value is -2.23. The lowest BCUT2D eigenvalue weighted by atomic mass is 10.1. The molecular weight excluding hydrogens is 263 g/mol. The Balaban J connectivity index is 2.28. The van der Waals surface area contributed by atoms with Gasteiger partial charge in [0.25, 0.3) is 0 Å². The first-order valence-corrected chi connectivity index (χ1v) is 5.36. The topological polar surface area (TPSA) is 59.3 Å². The van der Waals surface area contributed by atoms with Gasteiger partial charge in [0, 0.05) is 6.42 Å². The van der Waals surface area contributed by atoms with Crippen molar-refractivity contribution in [2.75, 3.05) is 6.61 Å². The number of alkyl halides is 3. The van der Waals surface area contributed by atoms with Crippen LogP contribution in [0.5, 0.6) is 5.75 Å². The summed E-state index contributed by atoms with van der Waals surface area (Å²) in [5.41, 5.74) is -1.58. The van der Waals surface area contributed by atoms with Crippen molar-refractivity contribution in [1.29, 1.82) is 5.26 Å². The van der Waals surface area contributed by atoms with E-state index in [-0.39, 0.29) is 12.4 Å². The Labute approximate surface area is 106 Å². The van der Waals surface area contributed by atoms with Gasteiger partial charge in [-0.05, 0) is 18.2 Å². The van der Waals surface area contributed by atoms with Crippen molar-refractivity contribution in [1.82, 2.24) is 0 Å². The van der Waals surface area contributed by atoms with Crippen LogP contribution in [0.1, 0.15) is 17.5 Å². The first-order valence-electron chi connectivity index (χ1n) is 5.36. The van der Waals surface area contributed by atoms with Crippen LogP contribution < -0.4 is 4.74 Å². The number of cyclic esters (lactones) is 1. The molecule has 1 saturated heterocycles. The molecule has 0 bridgehead atoms. The van der Waals surface area contributed by atoms with Crippen LogP contribution in [0.2, 0.25) is 0 Å². The molecule has 0 unspecified atom stereocenters. The lowest BCUT2D eigenvalue weighted by Gasteiger charge is -2.13. The molecule has 0 amide bonds. The van der Waals surface area contributed by atoms with E-state index in [1.165, 1.54) is 12.1 Å². The molecule has 1 atom stereocenters. The fourth-order valence-electron chi connectivity index (χ4n) is 1.68. The van der Waals surface area contributed by atoms with Gasteiger partial charge in [0.15, 0.2) is 6.10 Å². The lowest BCUT2D eigenvalue weighted by molar-refractivity contribution is -0.143. The third-order valence-corrected chi connectivity index (χ3v) is 2.58. The molecule has 0 aromatic heterocycles. The number of hydrogen-bond donors (Lipinski definition) is 0. The number of ether oxygens (including phenoxy) is 2. The number of carbonyl (C=O) groups is 1. The molecule has 1 heterocycles. The van der Waals surface area contributed by atoms with E-state index in [4.69, 9.17) is 10.00 Å². The Morgan fingerprint density at radius 1 is 1.42 bits per heavy atom. The minimum Gasteiger partial charge on any atom is -0.479 e.